The van der Waals surface area contributed by atoms with E-state index in [4.69, 9.17) is 4.98 Å². The quantitative estimate of drug-likeness (QED) is 0.160. The third kappa shape index (κ3) is 5.49. The number of anilines is 3. The van der Waals surface area contributed by atoms with E-state index in [0.29, 0.717) is 0 Å². The van der Waals surface area contributed by atoms with Gasteiger partial charge >= 0.3 is 0 Å². The van der Waals surface area contributed by atoms with E-state index in [1.807, 2.05) is 11.3 Å². The highest BCUT2D eigenvalue weighted by Gasteiger charge is 2.46. The van der Waals surface area contributed by atoms with Gasteiger partial charge in [0.2, 0.25) is 0 Å². The maximum absolute atomic E-state index is 5.15. The number of nitrogens with zero attached hydrogens (tertiary/aromatic N) is 2. The Labute approximate surface area is 356 Å². The Bertz CT molecular complexity index is 3330. The van der Waals surface area contributed by atoms with E-state index in [1.165, 1.54) is 64.7 Å². The van der Waals surface area contributed by atoms with Gasteiger partial charge in [0.15, 0.2) is 0 Å². The highest BCUT2D eigenvalue weighted by Crippen LogP contribution is 2.57. The molecule has 282 valence electrons. The van der Waals surface area contributed by atoms with Crippen molar-refractivity contribution < 1.29 is 0 Å². The van der Waals surface area contributed by atoms with Crippen LogP contribution in [0.4, 0.5) is 17.1 Å². The van der Waals surface area contributed by atoms with Gasteiger partial charge in [-0.25, -0.2) is 4.98 Å². The molecular formula is C56H36N2S2. The van der Waals surface area contributed by atoms with Gasteiger partial charge in [0.05, 0.1) is 15.6 Å². The summed E-state index contributed by atoms with van der Waals surface area (Å²) in [4.78, 5) is 7.60. The molecule has 1 aliphatic rings. The molecule has 0 N–H and O–H groups in total. The zero-order chi connectivity index (χ0) is 39.6. The van der Waals surface area contributed by atoms with Crippen LogP contribution in [0.5, 0.6) is 0 Å². The van der Waals surface area contributed by atoms with Gasteiger partial charge in [-0.15, -0.1) is 22.7 Å². The topological polar surface area (TPSA) is 16.1 Å². The van der Waals surface area contributed by atoms with Crippen molar-refractivity contribution in [3.63, 3.8) is 0 Å². The van der Waals surface area contributed by atoms with Gasteiger partial charge in [-0.05, 0) is 93.0 Å². The molecule has 0 saturated heterocycles. The van der Waals surface area contributed by atoms with Crippen LogP contribution in [-0.2, 0) is 5.41 Å². The molecular weight excluding hydrogens is 765 g/mol. The van der Waals surface area contributed by atoms with E-state index in [2.05, 4.69) is 223 Å². The van der Waals surface area contributed by atoms with Gasteiger partial charge in [-0.1, -0.05) is 170 Å². The first-order valence-corrected chi connectivity index (χ1v) is 22.0. The van der Waals surface area contributed by atoms with Crippen molar-refractivity contribution in [2.24, 2.45) is 0 Å². The van der Waals surface area contributed by atoms with Crippen LogP contribution in [0.15, 0.2) is 218 Å². The lowest BCUT2D eigenvalue weighted by atomic mass is 9.67. The van der Waals surface area contributed by atoms with Gasteiger partial charge in [-0.3, -0.25) is 0 Å². The standard InChI is InChI=1S/C56H36N2S2/c1-4-14-37(15-5-1)38-24-26-39(27-25-38)55-57-51-33-30-44(36-54(51)60-55)58(43-29-32-48-47-21-11-13-23-52(47)59-53(48)35-43)42-28-31-46-45-20-10-12-22-49(45)56(50(46)34-42,40-16-6-2-7-17-40)41-18-8-3-9-19-41/h1-36H. The minimum absolute atomic E-state index is 0.502. The van der Waals surface area contributed by atoms with E-state index in [0.717, 1.165) is 37.8 Å². The predicted octanol–water partition coefficient (Wildman–Crippen LogP) is 15.8. The third-order valence-corrected chi connectivity index (χ3v) is 14.4. The SMILES string of the molecule is c1ccc(-c2ccc(-c3nc4ccc(N(c5ccc6c(c5)C(c5ccccc5)(c5ccccc5)c5ccccc5-6)c5ccc6c(c5)sc5ccccc56)cc4s3)cc2)cc1. The molecule has 0 atom stereocenters. The predicted molar refractivity (Wildman–Crippen MR) is 255 cm³/mol. The summed E-state index contributed by atoms with van der Waals surface area (Å²) in [5.41, 5.74) is 15.0. The van der Waals surface area contributed by atoms with Crippen molar-refractivity contribution in [1.82, 2.24) is 4.98 Å². The number of thiophene rings is 1. The van der Waals surface area contributed by atoms with Gasteiger partial charge in [0, 0.05) is 42.8 Å². The second-order valence-corrected chi connectivity index (χ2v) is 17.6. The first-order chi connectivity index (χ1) is 29.7. The summed E-state index contributed by atoms with van der Waals surface area (Å²) in [5, 5.41) is 3.61. The molecule has 0 aliphatic heterocycles. The fraction of sp³-hybridized carbons (Fsp3) is 0.0179. The number of aromatic nitrogens is 1. The van der Waals surface area contributed by atoms with Crippen LogP contribution < -0.4 is 4.90 Å². The zero-order valence-electron chi connectivity index (χ0n) is 32.5. The Hall–Kier alpha value is -7.11. The largest absolute Gasteiger partial charge is 0.310 e. The number of hydrogen-bond acceptors (Lipinski definition) is 4. The molecule has 4 heteroatoms. The van der Waals surface area contributed by atoms with E-state index < -0.39 is 5.41 Å². The summed E-state index contributed by atoms with van der Waals surface area (Å²) in [7, 11) is 0. The lowest BCUT2D eigenvalue weighted by Gasteiger charge is -2.35. The fourth-order valence-corrected chi connectivity index (χ4v) is 11.6. The first kappa shape index (κ1) is 34.9. The highest BCUT2D eigenvalue weighted by atomic mass is 32.1. The van der Waals surface area contributed by atoms with Crippen LogP contribution in [0.25, 0.3) is 63.2 Å². The smallest absolute Gasteiger partial charge is 0.124 e. The first-order valence-electron chi connectivity index (χ1n) is 20.4. The van der Waals surface area contributed by atoms with E-state index in [-0.39, 0.29) is 0 Å². The Kier molecular flexibility index (Phi) is 8.15. The van der Waals surface area contributed by atoms with Crippen molar-refractivity contribution in [2.45, 2.75) is 5.41 Å². The Balaban J connectivity index is 1.05. The Morgan fingerprint density at radius 1 is 0.367 bits per heavy atom. The lowest BCUT2D eigenvalue weighted by molar-refractivity contribution is 0.768. The molecule has 0 amide bonds. The molecule has 1 aliphatic carbocycles. The molecule has 0 saturated carbocycles. The number of thiazole rings is 1. The molecule has 2 heterocycles. The van der Waals surface area contributed by atoms with E-state index in [9.17, 15) is 0 Å². The molecule has 9 aromatic carbocycles. The molecule has 11 aromatic rings. The monoisotopic (exact) mass is 800 g/mol. The molecule has 0 bridgehead atoms. The fourth-order valence-electron chi connectivity index (χ4n) is 9.48. The van der Waals surface area contributed by atoms with Crippen molar-refractivity contribution in [1.29, 1.82) is 0 Å². The Morgan fingerprint density at radius 3 is 1.68 bits per heavy atom. The molecule has 2 aromatic heterocycles. The van der Waals surface area contributed by atoms with Gasteiger partial charge in [0.25, 0.3) is 0 Å². The molecule has 12 rings (SSSR count). The number of hydrogen-bond donors (Lipinski definition) is 0. The number of benzene rings is 9. The zero-order valence-corrected chi connectivity index (χ0v) is 34.1. The van der Waals surface area contributed by atoms with Crippen molar-refractivity contribution in [3.8, 4) is 32.8 Å². The molecule has 0 spiro atoms. The van der Waals surface area contributed by atoms with Crippen molar-refractivity contribution in [3.05, 3.63) is 241 Å². The van der Waals surface area contributed by atoms with E-state index >= 15 is 0 Å². The maximum Gasteiger partial charge on any atom is 0.124 e. The molecule has 60 heavy (non-hydrogen) atoms. The summed E-state index contributed by atoms with van der Waals surface area (Å²) in [6.07, 6.45) is 0. The van der Waals surface area contributed by atoms with Crippen LogP contribution in [0.2, 0.25) is 0 Å². The number of rotatable bonds is 7. The summed E-state index contributed by atoms with van der Waals surface area (Å²) < 4.78 is 3.73. The van der Waals surface area contributed by atoms with Gasteiger partial charge in [-0.2, -0.15) is 0 Å². The van der Waals surface area contributed by atoms with Gasteiger partial charge in [0.1, 0.15) is 5.01 Å². The average Bonchev–Trinajstić information content (AvgIpc) is 4.00. The minimum atomic E-state index is -0.502. The van der Waals surface area contributed by atoms with Crippen LogP contribution in [0, 0.1) is 0 Å². The molecule has 2 nitrogen and oxygen atoms in total. The third-order valence-electron chi connectivity index (χ3n) is 12.2. The Morgan fingerprint density at radius 2 is 0.917 bits per heavy atom. The van der Waals surface area contributed by atoms with Crippen LogP contribution in [0.1, 0.15) is 22.3 Å². The van der Waals surface area contributed by atoms with Crippen LogP contribution >= 0.6 is 22.7 Å². The van der Waals surface area contributed by atoms with Crippen molar-refractivity contribution >= 4 is 70.1 Å². The second-order valence-electron chi connectivity index (χ2n) is 15.5. The second kappa shape index (κ2) is 14.0. The van der Waals surface area contributed by atoms with Crippen molar-refractivity contribution in [2.75, 3.05) is 4.90 Å². The minimum Gasteiger partial charge on any atom is -0.310 e. The summed E-state index contributed by atoms with van der Waals surface area (Å²) >= 11 is 3.61. The summed E-state index contributed by atoms with van der Waals surface area (Å²) in [6.45, 7) is 0. The van der Waals surface area contributed by atoms with Crippen LogP contribution in [0.3, 0.4) is 0 Å². The highest BCUT2D eigenvalue weighted by molar-refractivity contribution is 7.25. The molecule has 0 unspecified atom stereocenters. The van der Waals surface area contributed by atoms with Gasteiger partial charge < -0.3 is 4.90 Å². The number of fused-ring (bicyclic) bond motifs is 7. The average molecular weight is 801 g/mol. The van der Waals surface area contributed by atoms with E-state index in [1.54, 1.807) is 11.3 Å². The molecule has 0 fully saturated rings. The van der Waals surface area contributed by atoms with Crippen LogP contribution in [-0.4, -0.2) is 4.98 Å². The molecule has 0 radical (unpaired) electrons. The lowest BCUT2D eigenvalue weighted by Crippen LogP contribution is -2.28. The summed E-state index contributed by atoms with van der Waals surface area (Å²) in [6, 6.07) is 80.0. The maximum atomic E-state index is 5.15. The summed E-state index contributed by atoms with van der Waals surface area (Å²) in [5.74, 6) is 0. The normalized spacial score (nSPS) is 12.8.